The van der Waals surface area contributed by atoms with Crippen molar-refractivity contribution in [1.29, 1.82) is 0 Å². The number of thiocarbonyl (C=S) groups is 1. The van der Waals surface area contributed by atoms with Gasteiger partial charge in [-0.15, -0.1) is 0 Å². The Morgan fingerprint density at radius 2 is 2.28 bits per heavy atom. The Hall–Kier alpha value is -1.56. The third kappa shape index (κ3) is 2.64. The molecule has 0 bridgehead atoms. The second-order valence-corrected chi connectivity index (χ2v) is 4.78. The summed E-state index contributed by atoms with van der Waals surface area (Å²) in [5, 5.41) is 0. The van der Waals surface area contributed by atoms with E-state index in [1.165, 1.54) is 12.3 Å². The molecule has 1 amide bonds. The zero-order chi connectivity index (χ0) is 13.1. The lowest BCUT2D eigenvalue weighted by molar-refractivity contribution is 0.0680. The zero-order valence-electron chi connectivity index (χ0n) is 9.80. The Balaban J connectivity index is 2.23. The molecule has 1 unspecified atom stereocenters. The fourth-order valence-corrected chi connectivity index (χ4v) is 2.41. The van der Waals surface area contributed by atoms with Crippen LogP contribution in [0, 0.1) is 5.82 Å². The number of aromatic nitrogens is 1. The average molecular weight is 267 g/mol. The first-order valence-electron chi connectivity index (χ1n) is 5.80. The van der Waals surface area contributed by atoms with Gasteiger partial charge < -0.3 is 10.6 Å². The molecular formula is C12H14FN3OS. The molecule has 2 N–H and O–H groups in total. The van der Waals surface area contributed by atoms with E-state index in [0.29, 0.717) is 11.5 Å². The number of rotatable bonds is 2. The number of carbonyl (C=O) groups is 1. The monoisotopic (exact) mass is 267 g/mol. The van der Waals surface area contributed by atoms with Gasteiger partial charge >= 0.3 is 0 Å². The SMILES string of the molecule is NC(=S)C1CCCCN1C(=O)c1cncc(F)c1. The lowest BCUT2D eigenvalue weighted by Gasteiger charge is -2.35. The van der Waals surface area contributed by atoms with Crippen LogP contribution >= 0.6 is 12.2 Å². The molecule has 0 radical (unpaired) electrons. The van der Waals surface area contributed by atoms with Gasteiger partial charge in [0, 0.05) is 12.7 Å². The van der Waals surface area contributed by atoms with Gasteiger partial charge in [-0.25, -0.2) is 4.39 Å². The summed E-state index contributed by atoms with van der Waals surface area (Å²) in [7, 11) is 0. The Morgan fingerprint density at radius 3 is 2.94 bits per heavy atom. The van der Waals surface area contributed by atoms with Crippen molar-refractivity contribution in [1.82, 2.24) is 9.88 Å². The number of likely N-dealkylation sites (tertiary alicyclic amines) is 1. The van der Waals surface area contributed by atoms with E-state index >= 15 is 0 Å². The normalized spacial score (nSPS) is 19.6. The summed E-state index contributed by atoms with van der Waals surface area (Å²) in [6.07, 6.45) is 5.10. The average Bonchev–Trinajstić information content (AvgIpc) is 2.38. The van der Waals surface area contributed by atoms with Gasteiger partial charge in [-0.2, -0.15) is 0 Å². The minimum atomic E-state index is -0.523. The summed E-state index contributed by atoms with van der Waals surface area (Å²) in [5.41, 5.74) is 5.89. The van der Waals surface area contributed by atoms with Crippen molar-refractivity contribution in [3.05, 3.63) is 29.8 Å². The summed E-state index contributed by atoms with van der Waals surface area (Å²) < 4.78 is 13.1. The van der Waals surface area contributed by atoms with E-state index in [4.69, 9.17) is 18.0 Å². The van der Waals surface area contributed by atoms with Crippen LogP contribution in [-0.2, 0) is 0 Å². The van der Waals surface area contributed by atoms with Crippen LogP contribution in [0.15, 0.2) is 18.5 Å². The van der Waals surface area contributed by atoms with E-state index in [1.54, 1.807) is 4.90 Å². The van der Waals surface area contributed by atoms with Crippen LogP contribution in [0.3, 0.4) is 0 Å². The number of hydrogen-bond acceptors (Lipinski definition) is 3. The summed E-state index contributed by atoms with van der Waals surface area (Å²) in [5.74, 6) is -0.788. The van der Waals surface area contributed by atoms with Gasteiger partial charge in [0.05, 0.1) is 22.8 Å². The molecule has 2 heterocycles. The summed E-state index contributed by atoms with van der Waals surface area (Å²) >= 11 is 4.98. The number of hydrogen-bond donors (Lipinski definition) is 1. The summed E-state index contributed by atoms with van der Waals surface area (Å²) in [6.45, 7) is 0.595. The molecule has 4 nitrogen and oxygen atoms in total. The molecule has 1 atom stereocenters. The molecule has 1 saturated heterocycles. The van der Waals surface area contributed by atoms with Crippen molar-refractivity contribution >= 4 is 23.1 Å². The van der Waals surface area contributed by atoms with Gasteiger partial charge in [-0.3, -0.25) is 9.78 Å². The Kier molecular flexibility index (Phi) is 3.86. The molecule has 0 spiro atoms. The van der Waals surface area contributed by atoms with Crippen LogP contribution < -0.4 is 5.73 Å². The minimum absolute atomic E-state index is 0.232. The predicted molar refractivity (Wildman–Crippen MR) is 69.7 cm³/mol. The number of nitrogens with two attached hydrogens (primary N) is 1. The van der Waals surface area contributed by atoms with Crippen molar-refractivity contribution in [3.63, 3.8) is 0 Å². The van der Waals surface area contributed by atoms with Crippen molar-refractivity contribution < 1.29 is 9.18 Å². The molecule has 1 aliphatic heterocycles. The second kappa shape index (κ2) is 5.39. The van der Waals surface area contributed by atoms with Crippen molar-refractivity contribution in [2.45, 2.75) is 25.3 Å². The van der Waals surface area contributed by atoms with Gasteiger partial charge in [-0.05, 0) is 25.3 Å². The van der Waals surface area contributed by atoms with Gasteiger partial charge in [0.25, 0.3) is 5.91 Å². The number of amides is 1. The van der Waals surface area contributed by atoms with E-state index in [2.05, 4.69) is 4.98 Å². The van der Waals surface area contributed by atoms with Crippen LogP contribution in [0.25, 0.3) is 0 Å². The lowest BCUT2D eigenvalue weighted by Crippen LogP contribution is -2.49. The lowest BCUT2D eigenvalue weighted by atomic mass is 10.0. The quantitative estimate of drug-likeness (QED) is 0.825. The highest BCUT2D eigenvalue weighted by molar-refractivity contribution is 7.80. The molecule has 96 valence electrons. The molecule has 2 rings (SSSR count). The number of halogens is 1. The van der Waals surface area contributed by atoms with E-state index in [1.807, 2.05) is 0 Å². The molecule has 0 saturated carbocycles. The Labute approximate surface area is 110 Å². The molecular weight excluding hydrogens is 253 g/mol. The third-order valence-corrected chi connectivity index (χ3v) is 3.32. The molecule has 1 aliphatic rings. The highest BCUT2D eigenvalue weighted by atomic mass is 32.1. The first kappa shape index (κ1) is 12.9. The topological polar surface area (TPSA) is 59.2 Å². The van der Waals surface area contributed by atoms with E-state index in [-0.39, 0.29) is 17.5 Å². The number of carbonyl (C=O) groups excluding carboxylic acids is 1. The van der Waals surface area contributed by atoms with Crippen LogP contribution in [0.5, 0.6) is 0 Å². The third-order valence-electron chi connectivity index (χ3n) is 3.04. The van der Waals surface area contributed by atoms with Crippen molar-refractivity contribution in [2.75, 3.05) is 6.54 Å². The van der Waals surface area contributed by atoms with Crippen LogP contribution in [0.4, 0.5) is 4.39 Å². The fourth-order valence-electron chi connectivity index (χ4n) is 2.17. The first-order chi connectivity index (χ1) is 8.59. The molecule has 18 heavy (non-hydrogen) atoms. The molecule has 1 aromatic heterocycles. The second-order valence-electron chi connectivity index (χ2n) is 4.30. The van der Waals surface area contributed by atoms with Crippen molar-refractivity contribution in [3.8, 4) is 0 Å². The van der Waals surface area contributed by atoms with Crippen LogP contribution in [-0.4, -0.2) is 33.4 Å². The van der Waals surface area contributed by atoms with E-state index in [9.17, 15) is 9.18 Å². The van der Waals surface area contributed by atoms with Crippen LogP contribution in [0.1, 0.15) is 29.6 Å². The first-order valence-corrected chi connectivity index (χ1v) is 6.21. The number of nitrogens with zero attached hydrogens (tertiary/aromatic N) is 2. The minimum Gasteiger partial charge on any atom is -0.392 e. The van der Waals surface area contributed by atoms with E-state index < -0.39 is 5.82 Å². The molecule has 0 aliphatic carbocycles. The van der Waals surface area contributed by atoms with Crippen LogP contribution in [0.2, 0.25) is 0 Å². The van der Waals surface area contributed by atoms with Crippen molar-refractivity contribution in [2.24, 2.45) is 5.73 Å². The van der Waals surface area contributed by atoms with Gasteiger partial charge in [0.15, 0.2) is 0 Å². The number of pyridine rings is 1. The smallest absolute Gasteiger partial charge is 0.256 e. The maximum atomic E-state index is 13.1. The Bertz CT molecular complexity index is 480. The molecule has 6 heteroatoms. The molecule has 0 aromatic carbocycles. The van der Waals surface area contributed by atoms with Gasteiger partial charge in [0.2, 0.25) is 0 Å². The molecule has 1 fully saturated rings. The largest absolute Gasteiger partial charge is 0.392 e. The van der Waals surface area contributed by atoms with E-state index in [0.717, 1.165) is 25.5 Å². The fraction of sp³-hybridized carbons (Fsp3) is 0.417. The maximum Gasteiger partial charge on any atom is 0.256 e. The summed E-state index contributed by atoms with van der Waals surface area (Å²) in [6, 6.07) is 0.949. The number of piperidine rings is 1. The van der Waals surface area contributed by atoms with Gasteiger partial charge in [0.1, 0.15) is 5.82 Å². The molecule has 1 aromatic rings. The highest BCUT2D eigenvalue weighted by Gasteiger charge is 2.29. The summed E-state index contributed by atoms with van der Waals surface area (Å²) in [4.78, 5) is 17.9. The Morgan fingerprint density at radius 1 is 1.50 bits per heavy atom. The maximum absolute atomic E-state index is 13.1. The predicted octanol–water partition coefficient (Wildman–Crippen LogP) is 1.50. The van der Waals surface area contributed by atoms with Gasteiger partial charge in [-0.1, -0.05) is 12.2 Å². The highest BCUT2D eigenvalue weighted by Crippen LogP contribution is 2.20. The standard InChI is InChI=1S/C12H14FN3OS/c13-9-5-8(6-15-7-9)12(17)16-4-2-1-3-10(16)11(14)18/h5-7,10H,1-4H2,(H2,14,18). The zero-order valence-corrected chi connectivity index (χ0v) is 10.6.